The van der Waals surface area contributed by atoms with Crippen LogP contribution in [0.4, 0.5) is 0 Å². The Hall–Kier alpha value is -1.82. The Bertz CT molecular complexity index is 715. The van der Waals surface area contributed by atoms with Gasteiger partial charge in [-0.1, -0.05) is 60.9 Å². The lowest BCUT2D eigenvalue weighted by Crippen LogP contribution is -1.96. The monoisotopic (exact) mass is 290 g/mol. The van der Waals surface area contributed by atoms with Gasteiger partial charge in [-0.2, -0.15) is 0 Å². The van der Waals surface area contributed by atoms with Gasteiger partial charge < -0.3 is 0 Å². The van der Waals surface area contributed by atoms with E-state index in [1.165, 1.54) is 52.6 Å². The van der Waals surface area contributed by atoms with Gasteiger partial charge in [-0.15, -0.1) is 0 Å². The van der Waals surface area contributed by atoms with E-state index in [0.717, 1.165) is 6.42 Å². The summed E-state index contributed by atoms with van der Waals surface area (Å²) in [7, 11) is 0. The second kappa shape index (κ2) is 6.12. The highest BCUT2D eigenvalue weighted by Gasteiger charge is 2.20. The summed E-state index contributed by atoms with van der Waals surface area (Å²) in [6.45, 7) is 8.95. The topological polar surface area (TPSA) is 0 Å². The van der Waals surface area contributed by atoms with E-state index in [0.29, 0.717) is 0 Å². The van der Waals surface area contributed by atoms with Gasteiger partial charge in [0.2, 0.25) is 0 Å². The van der Waals surface area contributed by atoms with E-state index in [9.17, 15) is 0 Å². The highest BCUT2D eigenvalue weighted by molar-refractivity contribution is 5.82. The van der Waals surface area contributed by atoms with Crippen LogP contribution in [-0.4, -0.2) is 0 Å². The minimum absolute atomic E-state index is 1.15. The maximum Gasteiger partial charge on any atom is -0.00549 e. The van der Waals surface area contributed by atoms with Crippen molar-refractivity contribution in [2.75, 3.05) is 0 Å². The van der Waals surface area contributed by atoms with Gasteiger partial charge >= 0.3 is 0 Å². The van der Waals surface area contributed by atoms with Gasteiger partial charge in [-0.3, -0.25) is 0 Å². The minimum atomic E-state index is 1.15. The van der Waals surface area contributed by atoms with Gasteiger partial charge in [0.25, 0.3) is 0 Å². The van der Waals surface area contributed by atoms with Crippen LogP contribution in [0, 0.1) is 20.8 Å². The number of rotatable bonds is 4. The van der Waals surface area contributed by atoms with E-state index in [4.69, 9.17) is 0 Å². The molecule has 114 valence electrons. The second-order valence-corrected chi connectivity index (χ2v) is 6.71. The van der Waals surface area contributed by atoms with Crippen LogP contribution in [0.25, 0.3) is 17.2 Å². The molecule has 1 aliphatic carbocycles. The molecule has 0 fully saturated rings. The zero-order chi connectivity index (χ0) is 15.7. The summed E-state index contributed by atoms with van der Waals surface area (Å²) < 4.78 is 0. The molecule has 0 N–H and O–H groups in total. The first kappa shape index (κ1) is 15.1. The lowest BCUT2D eigenvalue weighted by atomic mass is 9.90. The number of hydrogen-bond acceptors (Lipinski definition) is 0. The molecule has 0 saturated heterocycles. The molecule has 22 heavy (non-hydrogen) atoms. The summed E-state index contributed by atoms with van der Waals surface area (Å²) in [5, 5.41) is 0. The third-order valence-corrected chi connectivity index (χ3v) is 4.99. The highest BCUT2D eigenvalue weighted by atomic mass is 14.2. The van der Waals surface area contributed by atoms with E-state index < -0.39 is 0 Å². The molecular formula is C22H26. The Kier molecular flexibility index (Phi) is 4.20. The molecule has 0 spiro atoms. The molecule has 0 saturated carbocycles. The summed E-state index contributed by atoms with van der Waals surface area (Å²) in [5.41, 5.74) is 11.6. The molecule has 2 aromatic rings. The molecule has 0 heteroatoms. The van der Waals surface area contributed by atoms with Gasteiger partial charge in [-0.25, -0.2) is 0 Å². The average Bonchev–Trinajstić information content (AvgIpc) is 2.94. The first-order valence-electron chi connectivity index (χ1n) is 8.49. The minimum Gasteiger partial charge on any atom is -0.0654 e. The van der Waals surface area contributed by atoms with Crippen LogP contribution in [0.5, 0.6) is 0 Å². The lowest BCUT2D eigenvalue weighted by Gasteiger charge is -2.14. The van der Waals surface area contributed by atoms with Crippen LogP contribution in [0.15, 0.2) is 35.9 Å². The summed E-state index contributed by atoms with van der Waals surface area (Å²) in [6.07, 6.45) is 7.44. The predicted molar refractivity (Wildman–Crippen MR) is 97.3 cm³/mol. The molecule has 0 radical (unpaired) electrons. The van der Waals surface area contributed by atoms with Crippen molar-refractivity contribution in [3.05, 3.63) is 63.7 Å². The molecule has 0 atom stereocenters. The fourth-order valence-corrected chi connectivity index (χ4v) is 3.42. The molecule has 0 amide bonds. The molecule has 0 heterocycles. The van der Waals surface area contributed by atoms with Crippen LogP contribution in [0.2, 0.25) is 0 Å². The maximum absolute atomic E-state index is 2.46. The third-order valence-electron chi connectivity index (χ3n) is 4.99. The fraction of sp³-hybridized carbons (Fsp3) is 0.364. The van der Waals surface area contributed by atoms with Crippen molar-refractivity contribution in [1.82, 2.24) is 0 Å². The highest BCUT2D eigenvalue weighted by Crippen LogP contribution is 2.38. The first-order chi connectivity index (χ1) is 10.6. The zero-order valence-electron chi connectivity index (χ0n) is 14.3. The maximum atomic E-state index is 2.46. The van der Waals surface area contributed by atoms with Crippen LogP contribution in [0.1, 0.15) is 54.0 Å². The summed E-state index contributed by atoms with van der Waals surface area (Å²) in [5.74, 6) is 0. The quantitative estimate of drug-likeness (QED) is 0.610. The van der Waals surface area contributed by atoms with Crippen molar-refractivity contribution >= 4 is 6.08 Å². The molecule has 2 aromatic carbocycles. The fourth-order valence-electron chi connectivity index (χ4n) is 3.42. The van der Waals surface area contributed by atoms with Crippen molar-refractivity contribution < 1.29 is 0 Å². The van der Waals surface area contributed by atoms with Crippen molar-refractivity contribution in [3.8, 4) is 11.1 Å². The molecular weight excluding hydrogens is 264 g/mol. The number of unbranched alkanes of at least 4 members (excludes halogenated alkanes) is 1. The van der Waals surface area contributed by atoms with Gasteiger partial charge in [-0.05, 0) is 73.4 Å². The van der Waals surface area contributed by atoms with Crippen LogP contribution in [0.3, 0.4) is 0 Å². The van der Waals surface area contributed by atoms with Crippen LogP contribution < -0.4 is 0 Å². The SMILES string of the molecule is CCCCC1=Cc2c(-c3ccc(C)cc3)cc(C)c(C)c2C1. The largest absolute Gasteiger partial charge is 0.0654 e. The Morgan fingerprint density at radius 2 is 1.73 bits per heavy atom. The van der Waals surface area contributed by atoms with E-state index >= 15 is 0 Å². The van der Waals surface area contributed by atoms with Gasteiger partial charge in [0.1, 0.15) is 0 Å². The lowest BCUT2D eigenvalue weighted by molar-refractivity contribution is 0.779. The Morgan fingerprint density at radius 1 is 1.00 bits per heavy atom. The summed E-state index contributed by atoms with van der Waals surface area (Å²) in [6, 6.07) is 11.3. The van der Waals surface area contributed by atoms with Gasteiger partial charge in [0.15, 0.2) is 0 Å². The van der Waals surface area contributed by atoms with E-state index in [-0.39, 0.29) is 0 Å². The number of aryl methyl sites for hydroxylation is 2. The number of hydrogen-bond donors (Lipinski definition) is 0. The zero-order valence-corrected chi connectivity index (χ0v) is 14.3. The van der Waals surface area contributed by atoms with Crippen LogP contribution in [-0.2, 0) is 6.42 Å². The Balaban J connectivity index is 2.08. The van der Waals surface area contributed by atoms with Crippen molar-refractivity contribution in [2.24, 2.45) is 0 Å². The Morgan fingerprint density at radius 3 is 2.41 bits per heavy atom. The molecule has 1 aliphatic rings. The van der Waals surface area contributed by atoms with Crippen molar-refractivity contribution in [3.63, 3.8) is 0 Å². The molecule has 0 aliphatic heterocycles. The van der Waals surface area contributed by atoms with E-state index in [1.807, 2.05) is 0 Å². The average molecular weight is 290 g/mol. The number of fused-ring (bicyclic) bond motifs is 1. The Labute approximate surface area is 134 Å². The smallest absolute Gasteiger partial charge is 0.00549 e. The van der Waals surface area contributed by atoms with Crippen molar-refractivity contribution in [2.45, 2.75) is 53.4 Å². The van der Waals surface area contributed by atoms with E-state index in [1.54, 1.807) is 11.1 Å². The van der Waals surface area contributed by atoms with Gasteiger partial charge in [0, 0.05) is 0 Å². The number of allylic oxidation sites excluding steroid dienone is 1. The third kappa shape index (κ3) is 2.75. The predicted octanol–water partition coefficient (Wildman–Crippen LogP) is 6.41. The van der Waals surface area contributed by atoms with Crippen molar-refractivity contribution in [1.29, 1.82) is 0 Å². The molecule has 0 bridgehead atoms. The van der Waals surface area contributed by atoms with Gasteiger partial charge in [0.05, 0.1) is 0 Å². The molecule has 0 nitrogen and oxygen atoms in total. The molecule has 0 unspecified atom stereocenters. The summed E-state index contributed by atoms with van der Waals surface area (Å²) in [4.78, 5) is 0. The standard InChI is InChI=1S/C22H26/c1-5-6-7-18-13-20-17(4)16(3)12-21(22(20)14-18)19-10-8-15(2)9-11-19/h8-12,14H,5-7,13H2,1-4H3. The first-order valence-corrected chi connectivity index (χ1v) is 8.49. The molecule has 3 rings (SSSR count). The van der Waals surface area contributed by atoms with Crippen LogP contribution >= 0.6 is 0 Å². The van der Waals surface area contributed by atoms with E-state index in [2.05, 4.69) is 64.1 Å². The summed E-state index contributed by atoms with van der Waals surface area (Å²) >= 11 is 0. The second-order valence-electron chi connectivity index (χ2n) is 6.71. The normalized spacial score (nSPS) is 13.2. The molecule has 0 aromatic heterocycles. The number of benzene rings is 2.